The van der Waals surface area contributed by atoms with Crippen molar-refractivity contribution >= 4 is 0 Å². The Labute approximate surface area is 112 Å². The van der Waals surface area contributed by atoms with Crippen LogP contribution in [-0.4, -0.2) is 6.04 Å². The molecule has 0 spiro atoms. The van der Waals surface area contributed by atoms with Gasteiger partial charge in [0.15, 0.2) is 0 Å². The summed E-state index contributed by atoms with van der Waals surface area (Å²) in [5.41, 5.74) is 5.74. The average molecular weight is 248 g/mol. The maximum Gasteiger partial charge on any atom is 0.0276 e. The SMILES string of the molecule is CCCC(C)C(Cc1ccc(C(C)C)cc1)NN. The number of hydrazine groups is 1. The molecule has 0 saturated heterocycles. The second-order valence-corrected chi connectivity index (χ2v) is 5.64. The summed E-state index contributed by atoms with van der Waals surface area (Å²) in [4.78, 5) is 0. The van der Waals surface area contributed by atoms with E-state index in [1.165, 1.54) is 24.0 Å². The van der Waals surface area contributed by atoms with E-state index in [2.05, 4.69) is 57.4 Å². The summed E-state index contributed by atoms with van der Waals surface area (Å²) in [6, 6.07) is 9.31. The van der Waals surface area contributed by atoms with E-state index in [9.17, 15) is 0 Å². The second kappa shape index (κ2) is 7.55. The minimum Gasteiger partial charge on any atom is -0.271 e. The van der Waals surface area contributed by atoms with E-state index >= 15 is 0 Å². The van der Waals surface area contributed by atoms with Crippen molar-refractivity contribution in [2.45, 2.75) is 58.9 Å². The zero-order valence-electron chi connectivity index (χ0n) is 12.2. The van der Waals surface area contributed by atoms with Crippen molar-refractivity contribution < 1.29 is 0 Å². The molecule has 2 nitrogen and oxygen atoms in total. The summed E-state index contributed by atoms with van der Waals surface area (Å²) in [5, 5.41) is 0. The highest BCUT2D eigenvalue weighted by Crippen LogP contribution is 2.18. The summed E-state index contributed by atoms with van der Waals surface area (Å²) >= 11 is 0. The van der Waals surface area contributed by atoms with Gasteiger partial charge in [-0.05, 0) is 35.8 Å². The van der Waals surface area contributed by atoms with Crippen molar-refractivity contribution in [3.05, 3.63) is 35.4 Å². The second-order valence-electron chi connectivity index (χ2n) is 5.64. The Hall–Kier alpha value is -0.860. The highest BCUT2D eigenvalue weighted by atomic mass is 15.2. The van der Waals surface area contributed by atoms with Gasteiger partial charge >= 0.3 is 0 Å². The molecule has 0 saturated carbocycles. The van der Waals surface area contributed by atoms with Crippen LogP contribution in [0.5, 0.6) is 0 Å². The molecule has 0 radical (unpaired) electrons. The van der Waals surface area contributed by atoms with E-state index in [0.29, 0.717) is 17.9 Å². The number of nitrogens with two attached hydrogens (primary N) is 1. The highest BCUT2D eigenvalue weighted by molar-refractivity contribution is 5.25. The lowest BCUT2D eigenvalue weighted by Crippen LogP contribution is -2.41. The predicted molar refractivity (Wildman–Crippen MR) is 79.4 cm³/mol. The predicted octanol–water partition coefficient (Wildman–Crippen LogP) is 3.62. The van der Waals surface area contributed by atoms with Gasteiger partial charge in [0, 0.05) is 6.04 Å². The van der Waals surface area contributed by atoms with Crippen molar-refractivity contribution in [3.63, 3.8) is 0 Å². The fourth-order valence-corrected chi connectivity index (χ4v) is 2.37. The number of benzene rings is 1. The Kier molecular flexibility index (Phi) is 6.37. The lowest BCUT2D eigenvalue weighted by Gasteiger charge is -2.23. The molecule has 0 heterocycles. The van der Waals surface area contributed by atoms with Crippen LogP contribution in [0.2, 0.25) is 0 Å². The fraction of sp³-hybridized carbons (Fsp3) is 0.625. The van der Waals surface area contributed by atoms with Crippen molar-refractivity contribution in [1.29, 1.82) is 0 Å². The Balaban J connectivity index is 2.64. The monoisotopic (exact) mass is 248 g/mol. The van der Waals surface area contributed by atoms with Crippen molar-refractivity contribution in [1.82, 2.24) is 5.43 Å². The van der Waals surface area contributed by atoms with E-state index in [1.54, 1.807) is 0 Å². The van der Waals surface area contributed by atoms with Crippen LogP contribution < -0.4 is 11.3 Å². The van der Waals surface area contributed by atoms with Gasteiger partial charge in [0.1, 0.15) is 0 Å². The molecule has 0 bridgehead atoms. The Morgan fingerprint density at radius 3 is 2.17 bits per heavy atom. The molecule has 1 aromatic carbocycles. The van der Waals surface area contributed by atoms with Gasteiger partial charge in [0.05, 0.1) is 0 Å². The molecule has 0 aromatic heterocycles. The number of hydrogen-bond donors (Lipinski definition) is 2. The first-order valence-corrected chi connectivity index (χ1v) is 7.13. The Bertz CT molecular complexity index is 329. The molecule has 2 atom stereocenters. The van der Waals surface area contributed by atoms with E-state index in [1.807, 2.05) is 0 Å². The summed E-state index contributed by atoms with van der Waals surface area (Å²) in [6.07, 6.45) is 3.45. The topological polar surface area (TPSA) is 38.0 Å². The Morgan fingerprint density at radius 1 is 1.11 bits per heavy atom. The molecule has 18 heavy (non-hydrogen) atoms. The molecule has 2 unspecified atom stereocenters. The van der Waals surface area contributed by atoms with Crippen molar-refractivity contribution in [2.75, 3.05) is 0 Å². The molecule has 0 aliphatic carbocycles. The fourth-order valence-electron chi connectivity index (χ4n) is 2.37. The van der Waals surface area contributed by atoms with Crippen LogP contribution in [0.4, 0.5) is 0 Å². The van der Waals surface area contributed by atoms with Gasteiger partial charge in [-0.15, -0.1) is 0 Å². The minimum atomic E-state index is 0.370. The first-order chi connectivity index (χ1) is 8.58. The lowest BCUT2D eigenvalue weighted by atomic mass is 9.91. The first-order valence-electron chi connectivity index (χ1n) is 7.13. The van der Waals surface area contributed by atoms with Gasteiger partial charge in [-0.3, -0.25) is 11.3 Å². The van der Waals surface area contributed by atoms with Crippen LogP contribution in [0.3, 0.4) is 0 Å². The third-order valence-electron chi connectivity index (χ3n) is 3.75. The maximum absolute atomic E-state index is 5.68. The van der Waals surface area contributed by atoms with Crippen molar-refractivity contribution in [2.24, 2.45) is 11.8 Å². The van der Waals surface area contributed by atoms with Crippen LogP contribution >= 0.6 is 0 Å². The van der Waals surface area contributed by atoms with E-state index < -0.39 is 0 Å². The van der Waals surface area contributed by atoms with Gasteiger partial charge in [-0.25, -0.2) is 0 Å². The van der Waals surface area contributed by atoms with Crippen LogP contribution in [-0.2, 0) is 6.42 Å². The van der Waals surface area contributed by atoms with Gasteiger partial charge in [-0.2, -0.15) is 0 Å². The molecule has 102 valence electrons. The standard InChI is InChI=1S/C16H28N2/c1-5-6-13(4)16(18-17)11-14-7-9-15(10-8-14)12(2)3/h7-10,12-13,16,18H,5-6,11,17H2,1-4H3. The smallest absolute Gasteiger partial charge is 0.0276 e. The number of rotatable bonds is 7. The zero-order valence-corrected chi connectivity index (χ0v) is 12.2. The number of hydrogen-bond acceptors (Lipinski definition) is 2. The molecule has 1 rings (SSSR count). The van der Waals surface area contributed by atoms with Crippen LogP contribution in [0.1, 0.15) is 57.6 Å². The van der Waals surface area contributed by atoms with Gasteiger partial charge < -0.3 is 0 Å². The molecule has 0 aliphatic rings. The molecule has 2 heteroatoms. The third kappa shape index (κ3) is 4.43. The maximum atomic E-state index is 5.68. The average Bonchev–Trinajstić information content (AvgIpc) is 2.36. The molecule has 0 fully saturated rings. The van der Waals surface area contributed by atoms with Crippen LogP contribution in [0.25, 0.3) is 0 Å². The third-order valence-corrected chi connectivity index (χ3v) is 3.75. The van der Waals surface area contributed by atoms with Gasteiger partial charge in [0.25, 0.3) is 0 Å². The minimum absolute atomic E-state index is 0.370. The highest BCUT2D eigenvalue weighted by Gasteiger charge is 2.15. The summed E-state index contributed by atoms with van der Waals surface area (Å²) in [7, 11) is 0. The van der Waals surface area contributed by atoms with Crippen molar-refractivity contribution in [3.8, 4) is 0 Å². The first kappa shape index (κ1) is 15.2. The molecule has 0 amide bonds. The summed E-state index contributed by atoms with van der Waals surface area (Å²) < 4.78 is 0. The van der Waals surface area contributed by atoms with Gasteiger partial charge in [-0.1, -0.05) is 58.4 Å². The molecule has 1 aromatic rings. The summed E-state index contributed by atoms with van der Waals surface area (Å²) in [5.74, 6) is 6.89. The largest absolute Gasteiger partial charge is 0.271 e. The van der Waals surface area contributed by atoms with E-state index in [0.717, 1.165) is 6.42 Å². The normalized spacial score (nSPS) is 14.8. The van der Waals surface area contributed by atoms with E-state index in [4.69, 9.17) is 5.84 Å². The molecular weight excluding hydrogens is 220 g/mol. The molecule has 3 N–H and O–H groups in total. The molecule has 0 aliphatic heterocycles. The zero-order chi connectivity index (χ0) is 13.5. The Morgan fingerprint density at radius 2 is 1.72 bits per heavy atom. The lowest BCUT2D eigenvalue weighted by molar-refractivity contribution is 0.357. The number of nitrogens with one attached hydrogen (secondary N) is 1. The quantitative estimate of drug-likeness (QED) is 0.571. The van der Waals surface area contributed by atoms with Gasteiger partial charge in [0.2, 0.25) is 0 Å². The van der Waals surface area contributed by atoms with Crippen LogP contribution in [0.15, 0.2) is 24.3 Å². The summed E-state index contributed by atoms with van der Waals surface area (Å²) in [6.45, 7) is 8.95. The van der Waals surface area contributed by atoms with E-state index in [-0.39, 0.29) is 0 Å². The molecular formula is C16H28N2. The van der Waals surface area contributed by atoms with Crippen LogP contribution in [0, 0.1) is 5.92 Å².